The second-order valence-electron chi connectivity index (χ2n) is 7.28. The number of nitrogens with zero attached hydrogens (tertiary/aromatic N) is 1. The third kappa shape index (κ3) is 11.0. The number of amides is 2. The molecule has 0 radical (unpaired) electrons. The molecule has 1 aromatic carbocycles. The molecule has 0 bridgehead atoms. The van der Waals surface area contributed by atoms with E-state index in [4.69, 9.17) is 9.47 Å². The molecule has 8 nitrogen and oxygen atoms in total. The second-order valence-corrected chi connectivity index (χ2v) is 7.28. The summed E-state index contributed by atoms with van der Waals surface area (Å²) in [5.41, 5.74) is 1.83. The van der Waals surface area contributed by atoms with Gasteiger partial charge in [-0.1, -0.05) is 12.1 Å². The Bertz CT molecular complexity index is 634. The van der Waals surface area contributed by atoms with Gasteiger partial charge < -0.3 is 30.7 Å². The van der Waals surface area contributed by atoms with Gasteiger partial charge in [-0.25, -0.2) is 9.79 Å². The van der Waals surface area contributed by atoms with Gasteiger partial charge in [0.2, 0.25) is 0 Å². The molecular weight excluding hydrogens is 497 g/mol. The largest absolute Gasteiger partial charge is 0.379 e. The molecule has 0 aliphatic carbocycles. The zero-order valence-corrected chi connectivity index (χ0v) is 20.5. The molecule has 1 heterocycles. The van der Waals surface area contributed by atoms with Crippen molar-refractivity contribution in [3.63, 3.8) is 0 Å². The zero-order valence-electron chi connectivity index (χ0n) is 18.2. The highest BCUT2D eigenvalue weighted by atomic mass is 127. The first kappa shape index (κ1) is 26.4. The van der Waals surface area contributed by atoms with Crippen LogP contribution >= 0.6 is 24.0 Å². The van der Waals surface area contributed by atoms with Crippen molar-refractivity contribution in [3.05, 3.63) is 29.8 Å². The summed E-state index contributed by atoms with van der Waals surface area (Å²) in [6.07, 6.45) is 2.17. The summed E-state index contributed by atoms with van der Waals surface area (Å²) < 4.78 is 11.1. The Balaban J connectivity index is 0.00000450. The Morgan fingerprint density at radius 3 is 2.67 bits per heavy atom. The van der Waals surface area contributed by atoms with Crippen LogP contribution in [0.15, 0.2) is 29.3 Å². The Labute approximate surface area is 197 Å². The number of guanidine groups is 1. The van der Waals surface area contributed by atoms with Gasteiger partial charge in [0.1, 0.15) is 0 Å². The molecule has 0 saturated carbocycles. The molecule has 2 rings (SSSR count). The van der Waals surface area contributed by atoms with Crippen LogP contribution in [0.25, 0.3) is 0 Å². The van der Waals surface area contributed by atoms with Crippen LogP contribution in [0.2, 0.25) is 0 Å². The number of anilines is 1. The molecule has 1 aromatic rings. The van der Waals surface area contributed by atoms with Crippen molar-refractivity contribution in [3.8, 4) is 0 Å². The minimum Gasteiger partial charge on any atom is -0.379 e. The fourth-order valence-electron chi connectivity index (χ4n) is 2.81. The van der Waals surface area contributed by atoms with Crippen molar-refractivity contribution in [2.75, 3.05) is 38.2 Å². The summed E-state index contributed by atoms with van der Waals surface area (Å²) in [5.74, 6) is 0.787. The van der Waals surface area contributed by atoms with Crippen LogP contribution in [0.5, 0.6) is 0 Å². The minimum atomic E-state index is -0.200. The predicted octanol–water partition coefficient (Wildman–Crippen LogP) is 3.09. The molecule has 4 N–H and O–H groups in total. The monoisotopic (exact) mass is 533 g/mol. The summed E-state index contributed by atoms with van der Waals surface area (Å²) in [5, 5.41) is 12.2. The van der Waals surface area contributed by atoms with Crippen molar-refractivity contribution in [1.29, 1.82) is 0 Å². The van der Waals surface area contributed by atoms with Crippen molar-refractivity contribution >= 4 is 41.7 Å². The second kappa shape index (κ2) is 15.2. The lowest BCUT2D eigenvalue weighted by molar-refractivity contribution is 0.0420. The fourth-order valence-corrected chi connectivity index (χ4v) is 2.81. The highest BCUT2D eigenvalue weighted by Gasteiger charge is 2.15. The summed E-state index contributed by atoms with van der Waals surface area (Å²) in [6, 6.07) is 7.60. The summed E-state index contributed by atoms with van der Waals surface area (Å²) >= 11 is 0. The van der Waals surface area contributed by atoms with Crippen LogP contribution in [0.1, 0.15) is 39.2 Å². The molecule has 0 spiro atoms. The number of halogens is 1. The molecular formula is C21H36IN5O3. The van der Waals surface area contributed by atoms with Crippen molar-refractivity contribution in [2.45, 2.75) is 52.3 Å². The Kier molecular flexibility index (Phi) is 13.4. The van der Waals surface area contributed by atoms with E-state index in [1.165, 1.54) is 0 Å². The molecule has 1 atom stereocenters. The Morgan fingerprint density at radius 2 is 2.03 bits per heavy atom. The van der Waals surface area contributed by atoms with Gasteiger partial charge in [0.15, 0.2) is 5.96 Å². The molecule has 1 saturated heterocycles. The highest BCUT2D eigenvalue weighted by molar-refractivity contribution is 14.0. The maximum atomic E-state index is 11.7. The number of carbonyl (C=O) groups excluding carboxylic acids is 1. The summed E-state index contributed by atoms with van der Waals surface area (Å²) in [7, 11) is 0. The Hall–Kier alpha value is -1.59. The van der Waals surface area contributed by atoms with Crippen LogP contribution < -0.4 is 21.3 Å². The number of aliphatic imine (C=N–C) groups is 1. The number of urea groups is 1. The lowest BCUT2D eigenvalue weighted by atomic mass is 10.2. The van der Waals surface area contributed by atoms with Gasteiger partial charge in [0, 0.05) is 38.0 Å². The molecule has 30 heavy (non-hydrogen) atoms. The van der Waals surface area contributed by atoms with E-state index in [1.807, 2.05) is 45.0 Å². The summed E-state index contributed by atoms with van der Waals surface area (Å²) in [6.45, 7) is 10.3. The number of ether oxygens (including phenoxy) is 2. The van der Waals surface area contributed by atoms with Gasteiger partial charge in [0.25, 0.3) is 0 Å². The average molecular weight is 533 g/mol. The smallest absolute Gasteiger partial charge is 0.319 e. The number of rotatable bonds is 10. The topological polar surface area (TPSA) is 96.0 Å². The highest BCUT2D eigenvalue weighted by Crippen LogP contribution is 2.10. The molecule has 2 amide bonds. The molecule has 170 valence electrons. The van der Waals surface area contributed by atoms with Crippen LogP contribution in [-0.4, -0.2) is 57.0 Å². The van der Waals surface area contributed by atoms with E-state index in [9.17, 15) is 4.79 Å². The average Bonchev–Trinajstić information content (AvgIpc) is 3.19. The van der Waals surface area contributed by atoms with Gasteiger partial charge in [-0.2, -0.15) is 0 Å². The third-order valence-electron chi connectivity index (χ3n) is 4.25. The maximum absolute atomic E-state index is 11.7. The number of hydrogen-bond donors (Lipinski definition) is 4. The van der Waals surface area contributed by atoms with Gasteiger partial charge in [-0.15, -0.1) is 24.0 Å². The van der Waals surface area contributed by atoms with Crippen molar-refractivity contribution in [1.82, 2.24) is 16.0 Å². The van der Waals surface area contributed by atoms with Crippen molar-refractivity contribution in [2.24, 2.45) is 4.99 Å². The zero-order chi connectivity index (χ0) is 20.9. The normalized spacial score (nSPS) is 16.1. The molecule has 1 fully saturated rings. The molecule has 1 unspecified atom stereocenters. The van der Waals surface area contributed by atoms with Crippen LogP contribution in [-0.2, 0) is 16.0 Å². The number of nitrogens with one attached hydrogen (secondary N) is 4. The first-order valence-corrected chi connectivity index (χ1v) is 10.4. The molecule has 9 heteroatoms. The molecule has 1 aliphatic heterocycles. The predicted molar refractivity (Wildman–Crippen MR) is 132 cm³/mol. The van der Waals surface area contributed by atoms with Crippen LogP contribution in [0.3, 0.4) is 0 Å². The van der Waals surface area contributed by atoms with E-state index in [1.54, 1.807) is 0 Å². The van der Waals surface area contributed by atoms with Gasteiger partial charge in [-0.3, -0.25) is 0 Å². The van der Waals surface area contributed by atoms with Gasteiger partial charge in [0.05, 0.1) is 19.3 Å². The maximum Gasteiger partial charge on any atom is 0.319 e. The summed E-state index contributed by atoms with van der Waals surface area (Å²) in [4.78, 5) is 16.4. The third-order valence-corrected chi connectivity index (χ3v) is 4.25. The first-order valence-electron chi connectivity index (χ1n) is 10.4. The van der Waals surface area contributed by atoms with Crippen LogP contribution in [0, 0.1) is 0 Å². The first-order chi connectivity index (χ1) is 14.1. The number of carbonyl (C=O) groups is 1. The lowest BCUT2D eigenvalue weighted by Crippen LogP contribution is -2.38. The van der Waals surface area contributed by atoms with Crippen LogP contribution in [0.4, 0.5) is 10.5 Å². The van der Waals surface area contributed by atoms with E-state index in [0.29, 0.717) is 13.2 Å². The van der Waals surface area contributed by atoms with Gasteiger partial charge in [-0.05, 0) is 51.3 Å². The van der Waals surface area contributed by atoms with Crippen molar-refractivity contribution < 1.29 is 14.3 Å². The van der Waals surface area contributed by atoms with E-state index in [-0.39, 0.29) is 42.2 Å². The van der Waals surface area contributed by atoms with E-state index in [0.717, 1.165) is 56.4 Å². The Morgan fingerprint density at radius 1 is 1.27 bits per heavy atom. The van der Waals surface area contributed by atoms with E-state index < -0.39 is 0 Å². The van der Waals surface area contributed by atoms with Gasteiger partial charge >= 0.3 is 6.03 Å². The minimum absolute atomic E-state index is 0. The fraction of sp³-hybridized carbons (Fsp3) is 0.619. The quantitative estimate of drug-likeness (QED) is 0.161. The SMILES string of the molecule is CCNC(=NCc1ccc(NC(=O)NC(C)C)cc1)NCCCOC1CCOC1.I. The number of hydrogen-bond acceptors (Lipinski definition) is 4. The molecule has 0 aromatic heterocycles. The lowest BCUT2D eigenvalue weighted by Gasteiger charge is -2.13. The van der Waals surface area contributed by atoms with E-state index in [2.05, 4.69) is 26.3 Å². The number of benzene rings is 1. The standard InChI is InChI=1S/C21H35N5O3.HI/c1-4-22-20(23-11-5-12-29-19-10-13-28-15-19)24-14-17-6-8-18(9-7-17)26-21(27)25-16(2)3;/h6-9,16,19H,4-5,10-15H2,1-3H3,(H2,22,23,24)(H2,25,26,27);1H. The molecule has 1 aliphatic rings. The van der Waals surface area contributed by atoms with E-state index >= 15 is 0 Å².